The number of hydrogen-bond acceptors (Lipinski definition) is 2. The Kier molecular flexibility index (Phi) is 2.92. The van der Waals surface area contributed by atoms with Gasteiger partial charge in [0.25, 0.3) is 0 Å². The highest BCUT2D eigenvalue weighted by Gasteiger charge is 2.34. The molecule has 0 atom stereocenters. The number of benzene rings is 2. The van der Waals surface area contributed by atoms with Gasteiger partial charge in [-0.1, -0.05) is 36.4 Å². The molecule has 4 aromatic rings. The first-order valence-electron chi connectivity index (χ1n) is 8.46. The molecule has 2 aromatic carbocycles. The maximum absolute atomic E-state index is 12.8. The summed E-state index contributed by atoms with van der Waals surface area (Å²) in [6.07, 6.45) is 1.92. The van der Waals surface area contributed by atoms with E-state index < -0.39 is 0 Å². The van der Waals surface area contributed by atoms with E-state index >= 15 is 0 Å². The number of aromatic nitrogens is 1. The van der Waals surface area contributed by atoms with Crippen molar-refractivity contribution >= 4 is 22.3 Å². The Bertz CT molecular complexity index is 1170. The number of fused-ring (bicyclic) bond motifs is 4. The molecule has 1 aliphatic rings. The van der Waals surface area contributed by atoms with Gasteiger partial charge in [0.05, 0.1) is 12.2 Å². The Labute approximate surface area is 145 Å². The lowest BCUT2D eigenvalue weighted by molar-refractivity contribution is -0.515. The van der Waals surface area contributed by atoms with Gasteiger partial charge >= 0.3 is 11.7 Å². The number of rotatable bonds is 2. The summed E-state index contributed by atoms with van der Waals surface area (Å²) in [7, 11) is 0. The number of carbonyl (C=O) groups is 1. The van der Waals surface area contributed by atoms with E-state index in [1.807, 2.05) is 41.8 Å². The molecular formula is C22H16NO2+. The molecule has 0 unspecified atom stereocenters. The summed E-state index contributed by atoms with van der Waals surface area (Å²) in [5.74, 6) is -0.287. The van der Waals surface area contributed by atoms with Crippen LogP contribution >= 0.6 is 0 Å². The smallest absolute Gasteiger partial charge is 0.404 e. The van der Waals surface area contributed by atoms with Crippen LogP contribution in [0, 0.1) is 0 Å². The highest BCUT2D eigenvalue weighted by Crippen LogP contribution is 2.48. The van der Waals surface area contributed by atoms with Crippen molar-refractivity contribution in [2.24, 2.45) is 0 Å². The maximum atomic E-state index is 12.8. The van der Waals surface area contributed by atoms with E-state index in [4.69, 9.17) is 4.74 Å². The lowest BCUT2D eigenvalue weighted by Gasteiger charge is -2.07. The van der Waals surface area contributed by atoms with Crippen LogP contribution in [0.5, 0.6) is 0 Å². The summed E-state index contributed by atoms with van der Waals surface area (Å²) in [6.45, 7) is 2.19. The van der Waals surface area contributed by atoms with Crippen LogP contribution in [0.4, 0.5) is 0 Å². The first-order chi connectivity index (χ1) is 12.3. The number of carbonyl (C=O) groups excluding carboxylic acids is 1. The third-order valence-corrected chi connectivity index (χ3v) is 4.86. The molecule has 0 bridgehead atoms. The summed E-state index contributed by atoms with van der Waals surface area (Å²) >= 11 is 0. The topological polar surface area (TPSA) is 30.4 Å². The largest absolute Gasteiger partial charge is 0.458 e. The second-order valence-corrected chi connectivity index (χ2v) is 6.21. The first kappa shape index (κ1) is 14.2. The first-order valence-corrected chi connectivity index (χ1v) is 8.46. The van der Waals surface area contributed by atoms with E-state index in [1.54, 1.807) is 0 Å². The number of pyridine rings is 2. The minimum absolute atomic E-state index is 0.287. The van der Waals surface area contributed by atoms with E-state index in [2.05, 4.69) is 36.4 Å². The Hall–Kier alpha value is -3.20. The average Bonchev–Trinajstić information content (AvgIpc) is 2.96. The van der Waals surface area contributed by atoms with Crippen LogP contribution in [-0.2, 0) is 4.74 Å². The zero-order chi connectivity index (χ0) is 17.0. The molecule has 25 heavy (non-hydrogen) atoms. The summed E-state index contributed by atoms with van der Waals surface area (Å²) in [5.41, 5.74) is 5.92. The number of ether oxygens (including phenoxy) is 1. The van der Waals surface area contributed by atoms with Crippen LogP contribution in [0.25, 0.3) is 38.5 Å². The molecule has 1 aliphatic carbocycles. The predicted molar refractivity (Wildman–Crippen MR) is 97.5 cm³/mol. The molecule has 2 heterocycles. The van der Waals surface area contributed by atoms with Crippen molar-refractivity contribution in [1.82, 2.24) is 0 Å². The molecule has 0 saturated carbocycles. The van der Waals surface area contributed by atoms with Gasteiger partial charge in [0.1, 0.15) is 0 Å². The minimum atomic E-state index is -0.287. The zero-order valence-electron chi connectivity index (χ0n) is 13.8. The van der Waals surface area contributed by atoms with Gasteiger partial charge < -0.3 is 4.74 Å². The van der Waals surface area contributed by atoms with Crippen LogP contribution in [0.3, 0.4) is 0 Å². The fourth-order valence-corrected chi connectivity index (χ4v) is 3.90. The highest BCUT2D eigenvalue weighted by molar-refractivity contribution is 6.18. The SMILES string of the molecule is CCOC(=O)c1c2c(cc3cccc[n+]13)-c1cccc3cccc-2c13. The molecular weight excluding hydrogens is 310 g/mol. The minimum Gasteiger partial charge on any atom is -0.458 e. The normalized spacial score (nSPS) is 11.7. The number of nitrogens with zero attached hydrogens (tertiary/aromatic N) is 1. The van der Waals surface area contributed by atoms with Gasteiger partial charge in [0.15, 0.2) is 6.20 Å². The van der Waals surface area contributed by atoms with E-state index in [0.29, 0.717) is 12.3 Å². The molecule has 0 aliphatic heterocycles. The van der Waals surface area contributed by atoms with Gasteiger partial charge in [-0.25, -0.2) is 4.79 Å². The molecule has 0 fully saturated rings. The molecule has 0 N–H and O–H groups in total. The molecule has 0 spiro atoms. The van der Waals surface area contributed by atoms with E-state index in [9.17, 15) is 4.79 Å². The molecule has 0 radical (unpaired) electrons. The lowest BCUT2D eigenvalue weighted by Crippen LogP contribution is -2.32. The molecule has 2 aromatic heterocycles. The summed E-state index contributed by atoms with van der Waals surface area (Å²) < 4.78 is 7.33. The van der Waals surface area contributed by atoms with Crippen molar-refractivity contribution in [1.29, 1.82) is 0 Å². The summed E-state index contributed by atoms with van der Waals surface area (Å²) in [5, 5.41) is 2.40. The second-order valence-electron chi connectivity index (χ2n) is 6.21. The molecule has 120 valence electrons. The molecule has 3 heteroatoms. The molecule has 0 amide bonds. The maximum Gasteiger partial charge on any atom is 0.404 e. The Balaban J connectivity index is 1.98. The Morgan fingerprint density at radius 1 is 0.960 bits per heavy atom. The quantitative estimate of drug-likeness (QED) is 0.355. The van der Waals surface area contributed by atoms with Gasteiger partial charge in [-0.05, 0) is 34.9 Å². The van der Waals surface area contributed by atoms with E-state index in [0.717, 1.165) is 22.2 Å². The average molecular weight is 326 g/mol. The van der Waals surface area contributed by atoms with Gasteiger partial charge in [-0.2, -0.15) is 4.40 Å². The third-order valence-electron chi connectivity index (χ3n) is 4.86. The zero-order valence-corrected chi connectivity index (χ0v) is 13.8. The molecule has 5 rings (SSSR count). The lowest BCUT2D eigenvalue weighted by atomic mass is 10.0. The van der Waals surface area contributed by atoms with Gasteiger partial charge in [-0.3, -0.25) is 0 Å². The van der Waals surface area contributed by atoms with Crippen LogP contribution in [0.2, 0.25) is 0 Å². The van der Waals surface area contributed by atoms with Crippen molar-refractivity contribution < 1.29 is 13.9 Å². The van der Waals surface area contributed by atoms with Crippen LogP contribution in [-0.4, -0.2) is 12.6 Å². The number of hydrogen-bond donors (Lipinski definition) is 0. The number of esters is 1. The molecule has 3 nitrogen and oxygen atoms in total. The van der Waals surface area contributed by atoms with Crippen molar-refractivity contribution in [3.05, 3.63) is 72.6 Å². The van der Waals surface area contributed by atoms with Gasteiger partial charge in [-0.15, -0.1) is 0 Å². The second kappa shape index (κ2) is 5.15. The predicted octanol–water partition coefficient (Wildman–Crippen LogP) is 4.40. The summed E-state index contributed by atoms with van der Waals surface area (Å²) in [4.78, 5) is 12.8. The molecule has 0 saturated heterocycles. The van der Waals surface area contributed by atoms with Gasteiger partial charge in [0, 0.05) is 23.8 Å². The van der Waals surface area contributed by atoms with Crippen molar-refractivity contribution in [2.75, 3.05) is 6.61 Å². The van der Waals surface area contributed by atoms with Crippen LogP contribution in [0.15, 0.2) is 66.9 Å². The fourth-order valence-electron chi connectivity index (χ4n) is 3.90. The van der Waals surface area contributed by atoms with Crippen molar-refractivity contribution in [2.45, 2.75) is 6.92 Å². The van der Waals surface area contributed by atoms with Crippen molar-refractivity contribution in [3.8, 4) is 22.3 Å². The van der Waals surface area contributed by atoms with Gasteiger partial charge in [0.2, 0.25) is 5.52 Å². The fraction of sp³-hybridized carbons (Fsp3) is 0.0909. The monoisotopic (exact) mass is 326 g/mol. The standard InChI is InChI=1S/C22H16NO2/c1-2-25-22(24)21-20-17-11-6-8-14-7-5-10-16(19(14)17)18(20)13-15-9-3-4-12-23(15)21/h3-13H,2H2,1H3/q+1. The van der Waals surface area contributed by atoms with Crippen molar-refractivity contribution in [3.63, 3.8) is 0 Å². The van der Waals surface area contributed by atoms with Crippen LogP contribution in [0.1, 0.15) is 17.4 Å². The van der Waals surface area contributed by atoms with Crippen LogP contribution < -0.4 is 4.40 Å². The van der Waals surface area contributed by atoms with E-state index in [-0.39, 0.29) is 5.97 Å². The highest BCUT2D eigenvalue weighted by atomic mass is 16.5. The van der Waals surface area contributed by atoms with E-state index in [1.165, 1.54) is 16.3 Å². The Morgan fingerprint density at radius 2 is 1.76 bits per heavy atom. The summed E-state index contributed by atoms with van der Waals surface area (Å²) in [6, 6.07) is 20.7. The third kappa shape index (κ3) is 1.86. The Morgan fingerprint density at radius 3 is 2.56 bits per heavy atom.